The maximum atomic E-state index is 12.0. The van der Waals surface area contributed by atoms with Crippen molar-refractivity contribution in [2.24, 2.45) is 0 Å². The van der Waals surface area contributed by atoms with Gasteiger partial charge in [-0.05, 0) is 51.8 Å². The molecule has 0 bridgehead atoms. The first-order valence-electron chi connectivity index (χ1n) is 6.57. The first-order valence-corrected chi connectivity index (χ1v) is 6.57. The molecular formula is C15H25ClN2O. The molecule has 0 aromatic heterocycles. The van der Waals surface area contributed by atoms with Crippen molar-refractivity contribution in [2.45, 2.75) is 47.1 Å². The van der Waals surface area contributed by atoms with Crippen molar-refractivity contribution in [3.8, 4) is 0 Å². The summed E-state index contributed by atoms with van der Waals surface area (Å²) >= 11 is 0. The minimum absolute atomic E-state index is 0. The van der Waals surface area contributed by atoms with Crippen molar-refractivity contribution >= 4 is 24.0 Å². The van der Waals surface area contributed by atoms with Gasteiger partial charge in [0.15, 0.2) is 0 Å². The average molecular weight is 285 g/mol. The molecule has 108 valence electrons. The third kappa shape index (κ3) is 5.21. The summed E-state index contributed by atoms with van der Waals surface area (Å²) in [4.78, 5) is 12.0. The van der Waals surface area contributed by atoms with E-state index in [1.807, 2.05) is 20.8 Å². The third-order valence-corrected chi connectivity index (χ3v) is 3.02. The largest absolute Gasteiger partial charge is 0.324 e. The van der Waals surface area contributed by atoms with Gasteiger partial charge >= 0.3 is 0 Å². The molecule has 0 radical (unpaired) electrons. The lowest BCUT2D eigenvalue weighted by Gasteiger charge is -2.17. The number of hydrogen-bond donors (Lipinski definition) is 2. The van der Waals surface area contributed by atoms with Crippen molar-refractivity contribution < 1.29 is 4.79 Å². The van der Waals surface area contributed by atoms with Crippen LogP contribution in [0.5, 0.6) is 0 Å². The monoisotopic (exact) mass is 284 g/mol. The molecule has 1 rings (SSSR count). The summed E-state index contributed by atoms with van der Waals surface area (Å²) in [6.45, 7) is 11.0. The van der Waals surface area contributed by atoms with Gasteiger partial charge in [-0.3, -0.25) is 4.79 Å². The number of aryl methyl sites for hydroxylation is 3. The van der Waals surface area contributed by atoms with Gasteiger partial charge in [0, 0.05) is 5.69 Å². The van der Waals surface area contributed by atoms with E-state index in [9.17, 15) is 4.79 Å². The molecule has 19 heavy (non-hydrogen) atoms. The van der Waals surface area contributed by atoms with Gasteiger partial charge in [-0.15, -0.1) is 12.4 Å². The molecule has 4 heteroatoms. The second kappa shape index (κ2) is 8.18. The molecule has 1 aromatic rings. The third-order valence-electron chi connectivity index (χ3n) is 3.02. The van der Waals surface area contributed by atoms with E-state index in [4.69, 9.17) is 0 Å². The van der Waals surface area contributed by atoms with E-state index in [0.29, 0.717) is 0 Å². The van der Waals surface area contributed by atoms with Crippen LogP contribution in [0, 0.1) is 20.8 Å². The van der Waals surface area contributed by atoms with Crippen LogP contribution >= 0.6 is 12.4 Å². The zero-order valence-corrected chi connectivity index (χ0v) is 13.3. The van der Waals surface area contributed by atoms with Crippen LogP contribution in [0.3, 0.4) is 0 Å². The molecular weight excluding hydrogens is 260 g/mol. The molecule has 1 atom stereocenters. The zero-order valence-electron chi connectivity index (χ0n) is 12.5. The Morgan fingerprint density at radius 1 is 1.21 bits per heavy atom. The maximum Gasteiger partial charge on any atom is 0.241 e. The number of benzene rings is 1. The van der Waals surface area contributed by atoms with Gasteiger partial charge in [0.05, 0.1) is 6.04 Å². The van der Waals surface area contributed by atoms with Crippen LogP contribution in [0.4, 0.5) is 5.69 Å². The highest BCUT2D eigenvalue weighted by Crippen LogP contribution is 2.21. The minimum atomic E-state index is -0.162. The van der Waals surface area contributed by atoms with Gasteiger partial charge in [0.2, 0.25) is 5.91 Å². The van der Waals surface area contributed by atoms with Crippen LogP contribution in [-0.2, 0) is 4.79 Å². The van der Waals surface area contributed by atoms with Gasteiger partial charge in [-0.2, -0.15) is 0 Å². The summed E-state index contributed by atoms with van der Waals surface area (Å²) < 4.78 is 0. The number of rotatable bonds is 5. The predicted molar refractivity (Wildman–Crippen MR) is 84.3 cm³/mol. The van der Waals surface area contributed by atoms with Crippen LogP contribution in [0.1, 0.15) is 37.0 Å². The number of carbonyl (C=O) groups is 1. The van der Waals surface area contributed by atoms with Gasteiger partial charge < -0.3 is 10.6 Å². The number of hydrogen-bond acceptors (Lipinski definition) is 2. The average Bonchev–Trinajstić information content (AvgIpc) is 2.30. The van der Waals surface area contributed by atoms with E-state index in [1.54, 1.807) is 0 Å². The SMILES string of the molecule is CCCNC(C)C(=O)Nc1c(C)cc(C)cc1C.Cl. The van der Waals surface area contributed by atoms with E-state index in [2.05, 4.69) is 36.6 Å². The number of halogens is 1. The Morgan fingerprint density at radius 3 is 2.21 bits per heavy atom. The summed E-state index contributed by atoms with van der Waals surface area (Å²) in [5.74, 6) is 0.0264. The maximum absolute atomic E-state index is 12.0. The lowest BCUT2D eigenvalue weighted by Crippen LogP contribution is -2.38. The van der Waals surface area contributed by atoms with Gasteiger partial charge in [0.25, 0.3) is 0 Å². The van der Waals surface area contributed by atoms with Crippen molar-refractivity contribution in [2.75, 3.05) is 11.9 Å². The molecule has 0 spiro atoms. The molecule has 1 amide bonds. The Kier molecular flexibility index (Phi) is 7.72. The number of nitrogens with one attached hydrogen (secondary N) is 2. The Labute approximate surface area is 122 Å². The Balaban J connectivity index is 0.00000324. The van der Waals surface area contributed by atoms with Gasteiger partial charge in [-0.25, -0.2) is 0 Å². The zero-order chi connectivity index (χ0) is 13.7. The van der Waals surface area contributed by atoms with E-state index >= 15 is 0 Å². The fraction of sp³-hybridized carbons (Fsp3) is 0.533. The molecule has 0 aliphatic heterocycles. The molecule has 0 aliphatic carbocycles. The molecule has 0 heterocycles. The number of amides is 1. The molecule has 1 unspecified atom stereocenters. The standard InChI is InChI=1S/C15H24N2O.ClH/c1-6-7-16-13(5)15(18)17-14-11(3)8-10(2)9-12(14)4;/h8-9,13,16H,6-7H2,1-5H3,(H,17,18);1H. The van der Waals surface area contributed by atoms with E-state index in [-0.39, 0.29) is 24.4 Å². The molecule has 0 fully saturated rings. The van der Waals surface area contributed by atoms with Gasteiger partial charge in [-0.1, -0.05) is 24.6 Å². The molecule has 1 aromatic carbocycles. The van der Waals surface area contributed by atoms with E-state index in [0.717, 1.165) is 29.8 Å². The predicted octanol–water partition coefficient (Wildman–Crippen LogP) is 3.36. The summed E-state index contributed by atoms with van der Waals surface area (Å²) in [7, 11) is 0. The van der Waals surface area contributed by atoms with Crippen LogP contribution in [0.2, 0.25) is 0 Å². The van der Waals surface area contributed by atoms with Crippen molar-refractivity contribution in [3.05, 3.63) is 28.8 Å². The lowest BCUT2D eigenvalue weighted by atomic mass is 10.0. The number of anilines is 1. The first kappa shape index (κ1) is 17.9. The van der Waals surface area contributed by atoms with Crippen molar-refractivity contribution in [3.63, 3.8) is 0 Å². The van der Waals surface area contributed by atoms with Crippen molar-refractivity contribution in [1.29, 1.82) is 0 Å². The summed E-state index contributed by atoms with van der Waals surface area (Å²) in [6.07, 6.45) is 1.03. The first-order chi connectivity index (χ1) is 8.45. The highest BCUT2D eigenvalue weighted by molar-refractivity contribution is 5.95. The normalized spacial score (nSPS) is 11.6. The Bertz CT molecular complexity index is 409. The molecule has 0 aliphatic rings. The molecule has 2 N–H and O–H groups in total. The molecule has 0 saturated carbocycles. The second-order valence-corrected chi connectivity index (χ2v) is 4.94. The van der Waals surface area contributed by atoms with E-state index < -0.39 is 0 Å². The Morgan fingerprint density at radius 2 is 1.74 bits per heavy atom. The Hall–Kier alpha value is -1.06. The quantitative estimate of drug-likeness (QED) is 0.870. The number of carbonyl (C=O) groups excluding carboxylic acids is 1. The van der Waals surface area contributed by atoms with Crippen molar-refractivity contribution in [1.82, 2.24) is 5.32 Å². The smallest absolute Gasteiger partial charge is 0.241 e. The fourth-order valence-corrected chi connectivity index (χ4v) is 2.06. The molecule has 3 nitrogen and oxygen atoms in total. The molecule has 0 saturated heterocycles. The summed E-state index contributed by atoms with van der Waals surface area (Å²) in [5.41, 5.74) is 4.39. The van der Waals surface area contributed by atoms with Crippen LogP contribution < -0.4 is 10.6 Å². The lowest BCUT2D eigenvalue weighted by molar-refractivity contribution is -0.117. The summed E-state index contributed by atoms with van der Waals surface area (Å²) in [6, 6.07) is 4.02. The van der Waals surface area contributed by atoms with Crippen LogP contribution in [0.15, 0.2) is 12.1 Å². The van der Waals surface area contributed by atoms with Crippen LogP contribution in [-0.4, -0.2) is 18.5 Å². The summed E-state index contributed by atoms with van der Waals surface area (Å²) in [5, 5.41) is 6.20. The van der Waals surface area contributed by atoms with Crippen LogP contribution in [0.25, 0.3) is 0 Å². The highest BCUT2D eigenvalue weighted by Gasteiger charge is 2.14. The highest BCUT2D eigenvalue weighted by atomic mass is 35.5. The fourth-order valence-electron chi connectivity index (χ4n) is 2.06. The second-order valence-electron chi connectivity index (χ2n) is 4.94. The topological polar surface area (TPSA) is 41.1 Å². The minimum Gasteiger partial charge on any atom is -0.324 e. The van der Waals surface area contributed by atoms with E-state index in [1.165, 1.54) is 5.56 Å². The van der Waals surface area contributed by atoms with Gasteiger partial charge in [0.1, 0.15) is 0 Å².